The van der Waals surface area contributed by atoms with Crippen molar-refractivity contribution in [2.45, 2.75) is 52.1 Å². The van der Waals surface area contributed by atoms with Crippen LogP contribution in [-0.2, 0) is 17.8 Å². The number of hydrogen-bond acceptors (Lipinski definition) is 4. The largest absolute Gasteiger partial charge is 0.374 e. The Hall–Kier alpha value is -3.15. The molecule has 1 aliphatic rings. The van der Waals surface area contributed by atoms with Crippen molar-refractivity contribution >= 4 is 17.3 Å². The number of aromatic nitrogens is 3. The van der Waals surface area contributed by atoms with Gasteiger partial charge in [-0.1, -0.05) is 36.2 Å². The standard InChI is InChI=1S/C23H27N5O/c1-16-10-12-19(13-11-16)25-23(29)17(2)24-20-8-6-7-18(15-20)22-27-26-21-9-4-3-5-14-28(21)22/h6-8,10-13,15,17,24H,3-5,9,14H2,1-2H3,(H,25,29)/t17-/m1/s1. The van der Waals surface area contributed by atoms with Crippen molar-refractivity contribution in [2.24, 2.45) is 0 Å². The van der Waals surface area contributed by atoms with Gasteiger partial charge >= 0.3 is 0 Å². The molecule has 1 aliphatic heterocycles. The fraction of sp³-hybridized carbons (Fsp3) is 0.348. The van der Waals surface area contributed by atoms with E-state index in [4.69, 9.17) is 0 Å². The quantitative estimate of drug-likeness (QED) is 0.678. The summed E-state index contributed by atoms with van der Waals surface area (Å²) in [5.41, 5.74) is 3.87. The first kappa shape index (κ1) is 19.2. The third-order valence-electron chi connectivity index (χ3n) is 5.33. The zero-order valence-corrected chi connectivity index (χ0v) is 17.0. The molecular weight excluding hydrogens is 362 g/mol. The van der Waals surface area contributed by atoms with E-state index in [1.54, 1.807) is 0 Å². The topological polar surface area (TPSA) is 71.8 Å². The average Bonchev–Trinajstić information content (AvgIpc) is 2.98. The highest BCUT2D eigenvalue weighted by Crippen LogP contribution is 2.25. The van der Waals surface area contributed by atoms with Gasteiger partial charge < -0.3 is 15.2 Å². The maximum absolute atomic E-state index is 12.5. The van der Waals surface area contributed by atoms with Crippen LogP contribution in [0.25, 0.3) is 11.4 Å². The van der Waals surface area contributed by atoms with Crippen LogP contribution in [0.3, 0.4) is 0 Å². The molecule has 1 atom stereocenters. The van der Waals surface area contributed by atoms with Gasteiger partial charge in [0.05, 0.1) is 0 Å². The Kier molecular flexibility index (Phi) is 5.60. The van der Waals surface area contributed by atoms with Gasteiger partial charge in [0.25, 0.3) is 0 Å². The number of rotatable bonds is 5. The summed E-state index contributed by atoms with van der Waals surface area (Å²) in [4.78, 5) is 12.5. The van der Waals surface area contributed by atoms with E-state index in [-0.39, 0.29) is 11.9 Å². The molecule has 2 aromatic carbocycles. The van der Waals surface area contributed by atoms with Gasteiger partial charge in [0, 0.05) is 29.9 Å². The van der Waals surface area contributed by atoms with Gasteiger partial charge in [-0.2, -0.15) is 0 Å². The molecule has 4 rings (SSSR count). The zero-order valence-electron chi connectivity index (χ0n) is 17.0. The maximum Gasteiger partial charge on any atom is 0.246 e. The van der Waals surface area contributed by atoms with Crippen LogP contribution in [0.2, 0.25) is 0 Å². The normalized spacial score (nSPS) is 14.6. The van der Waals surface area contributed by atoms with Gasteiger partial charge in [-0.15, -0.1) is 10.2 Å². The molecule has 2 N–H and O–H groups in total. The molecule has 3 aromatic rings. The molecule has 0 saturated heterocycles. The third kappa shape index (κ3) is 4.47. The average molecular weight is 390 g/mol. The first-order valence-electron chi connectivity index (χ1n) is 10.3. The van der Waals surface area contributed by atoms with E-state index >= 15 is 0 Å². The molecular formula is C23H27N5O. The molecule has 0 unspecified atom stereocenters. The lowest BCUT2D eigenvalue weighted by molar-refractivity contribution is -0.116. The minimum absolute atomic E-state index is 0.0735. The summed E-state index contributed by atoms with van der Waals surface area (Å²) < 4.78 is 2.24. The van der Waals surface area contributed by atoms with E-state index in [2.05, 4.69) is 25.4 Å². The van der Waals surface area contributed by atoms with Gasteiger partial charge in [-0.25, -0.2) is 0 Å². The minimum atomic E-state index is -0.373. The van der Waals surface area contributed by atoms with Crippen LogP contribution in [0.1, 0.15) is 37.6 Å². The van der Waals surface area contributed by atoms with Crippen LogP contribution in [0.5, 0.6) is 0 Å². The number of anilines is 2. The third-order valence-corrected chi connectivity index (χ3v) is 5.33. The summed E-state index contributed by atoms with van der Waals surface area (Å²) in [6.07, 6.45) is 4.55. The van der Waals surface area contributed by atoms with Crippen LogP contribution < -0.4 is 10.6 Å². The second-order valence-electron chi connectivity index (χ2n) is 7.70. The highest BCUT2D eigenvalue weighted by molar-refractivity contribution is 5.96. The van der Waals surface area contributed by atoms with Crippen molar-refractivity contribution in [2.75, 3.05) is 10.6 Å². The van der Waals surface area contributed by atoms with E-state index in [9.17, 15) is 4.79 Å². The summed E-state index contributed by atoms with van der Waals surface area (Å²) in [6.45, 7) is 4.85. The Morgan fingerprint density at radius 2 is 1.86 bits per heavy atom. The molecule has 0 fully saturated rings. The molecule has 1 amide bonds. The highest BCUT2D eigenvalue weighted by Gasteiger charge is 2.17. The summed E-state index contributed by atoms with van der Waals surface area (Å²) in [5, 5.41) is 15.1. The van der Waals surface area contributed by atoms with Crippen molar-refractivity contribution < 1.29 is 4.79 Å². The summed E-state index contributed by atoms with van der Waals surface area (Å²) in [5.74, 6) is 1.90. The van der Waals surface area contributed by atoms with Crippen LogP contribution in [-0.4, -0.2) is 26.7 Å². The van der Waals surface area contributed by atoms with E-state index in [0.29, 0.717) is 0 Å². The number of benzene rings is 2. The maximum atomic E-state index is 12.5. The van der Waals surface area contributed by atoms with Crippen molar-refractivity contribution in [3.63, 3.8) is 0 Å². The SMILES string of the molecule is Cc1ccc(NC(=O)[C@@H](C)Nc2cccc(-c3nnc4n3CCCCC4)c2)cc1. The lowest BCUT2D eigenvalue weighted by atomic mass is 10.1. The van der Waals surface area contributed by atoms with E-state index < -0.39 is 0 Å². The number of hydrogen-bond donors (Lipinski definition) is 2. The fourth-order valence-corrected chi connectivity index (χ4v) is 3.65. The molecule has 1 aromatic heterocycles. The molecule has 6 nitrogen and oxygen atoms in total. The molecule has 29 heavy (non-hydrogen) atoms. The molecule has 0 spiro atoms. The molecule has 2 heterocycles. The number of carbonyl (C=O) groups is 1. The summed E-state index contributed by atoms with van der Waals surface area (Å²) in [7, 11) is 0. The fourth-order valence-electron chi connectivity index (χ4n) is 3.65. The smallest absolute Gasteiger partial charge is 0.246 e. The van der Waals surface area contributed by atoms with Crippen molar-refractivity contribution in [1.29, 1.82) is 0 Å². The number of aryl methyl sites for hydroxylation is 2. The zero-order chi connectivity index (χ0) is 20.2. The minimum Gasteiger partial charge on any atom is -0.374 e. The van der Waals surface area contributed by atoms with Crippen LogP contribution in [0, 0.1) is 6.92 Å². The Morgan fingerprint density at radius 3 is 2.69 bits per heavy atom. The monoisotopic (exact) mass is 389 g/mol. The van der Waals surface area contributed by atoms with Crippen LogP contribution in [0.15, 0.2) is 48.5 Å². The highest BCUT2D eigenvalue weighted by atomic mass is 16.2. The van der Waals surface area contributed by atoms with Gasteiger partial charge in [0.15, 0.2) is 5.82 Å². The number of fused-ring (bicyclic) bond motifs is 1. The molecule has 0 saturated carbocycles. The predicted molar refractivity (Wildman–Crippen MR) is 116 cm³/mol. The van der Waals surface area contributed by atoms with Gasteiger partial charge in [0.1, 0.15) is 11.9 Å². The van der Waals surface area contributed by atoms with Gasteiger partial charge in [-0.05, 0) is 51.0 Å². The van der Waals surface area contributed by atoms with Crippen LogP contribution in [0.4, 0.5) is 11.4 Å². The number of amides is 1. The Labute approximate surface area is 171 Å². The Bertz CT molecular complexity index is 993. The number of carbonyl (C=O) groups excluding carboxylic acids is 1. The van der Waals surface area contributed by atoms with E-state index in [0.717, 1.165) is 53.5 Å². The number of nitrogens with one attached hydrogen (secondary N) is 2. The lowest BCUT2D eigenvalue weighted by Gasteiger charge is -2.16. The van der Waals surface area contributed by atoms with Gasteiger partial charge in [-0.3, -0.25) is 4.79 Å². The summed E-state index contributed by atoms with van der Waals surface area (Å²) >= 11 is 0. The van der Waals surface area contributed by atoms with Crippen molar-refractivity contribution in [3.8, 4) is 11.4 Å². The van der Waals surface area contributed by atoms with Crippen molar-refractivity contribution in [1.82, 2.24) is 14.8 Å². The predicted octanol–water partition coefficient (Wildman–Crippen LogP) is 4.42. The first-order chi connectivity index (χ1) is 14.1. The Morgan fingerprint density at radius 1 is 1.03 bits per heavy atom. The van der Waals surface area contributed by atoms with E-state index in [1.807, 2.05) is 62.4 Å². The molecule has 0 radical (unpaired) electrons. The summed E-state index contributed by atoms with van der Waals surface area (Å²) in [6, 6.07) is 15.5. The first-order valence-corrected chi connectivity index (χ1v) is 10.3. The van der Waals surface area contributed by atoms with Gasteiger partial charge in [0.2, 0.25) is 5.91 Å². The Balaban J connectivity index is 1.47. The molecule has 0 bridgehead atoms. The van der Waals surface area contributed by atoms with Crippen LogP contribution >= 0.6 is 0 Å². The number of nitrogens with zero attached hydrogens (tertiary/aromatic N) is 3. The molecule has 6 heteroatoms. The van der Waals surface area contributed by atoms with E-state index in [1.165, 1.54) is 12.8 Å². The lowest BCUT2D eigenvalue weighted by Crippen LogP contribution is -2.31. The second kappa shape index (κ2) is 8.47. The molecule has 150 valence electrons. The molecule has 0 aliphatic carbocycles. The van der Waals surface area contributed by atoms with Crippen molar-refractivity contribution in [3.05, 3.63) is 59.9 Å². The second-order valence-corrected chi connectivity index (χ2v) is 7.70.